The van der Waals surface area contributed by atoms with E-state index >= 15 is 0 Å². The summed E-state index contributed by atoms with van der Waals surface area (Å²) in [6.45, 7) is 13.8. The van der Waals surface area contributed by atoms with Gasteiger partial charge in [-0.2, -0.15) is 0 Å². The summed E-state index contributed by atoms with van der Waals surface area (Å²) < 4.78 is 5.74. The lowest BCUT2D eigenvalue weighted by molar-refractivity contribution is -0.0915. The van der Waals surface area contributed by atoms with Crippen LogP contribution in [0, 0.1) is 5.41 Å². The number of nitrogens with two attached hydrogens (primary N) is 1. The lowest BCUT2D eigenvalue weighted by Crippen LogP contribution is -2.56. The molecule has 0 aromatic heterocycles. The zero-order chi connectivity index (χ0) is 11.6. The van der Waals surface area contributed by atoms with Crippen molar-refractivity contribution in [3.05, 3.63) is 0 Å². The Kier molecular flexibility index (Phi) is 4.15. The van der Waals surface area contributed by atoms with E-state index in [0.29, 0.717) is 18.2 Å². The number of nitrogens with zero attached hydrogens (tertiary/aromatic N) is 1. The minimum atomic E-state index is 0.242. The van der Waals surface area contributed by atoms with E-state index in [9.17, 15) is 0 Å². The highest BCUT2D eigenvalue weighted by atomic mass is 16.5. The third kappa shape index (κ3) is 3.44. The molecule has 1 rings (SSSR count). The second-order valence-corrected chi connectivity index (χ2v) is 5.83. The van der Waals surface area contributed by atoms with Gasteiger partial charge < -0.3 is 10.5 Å². The Morgan fingerprint density at radius 2 is 1.73 bits per heavy atom. The zero-order valence-electron chi connectivity index (χ0n) is 10.8. The van der Waals surface area contributed by atoms with Crippen LogP contribution in [0.25, 0.3) is 0 Å². The zero-order valence-corrected chi connectivity index (χ0v) is 10.8. The van der Waals surface area contributed by atoms with Crippen molar-refractivity contribution >= 4 is 0 Å². The van der Waals surface area contributed by atoms with Crippen molar-refractivity contribution in [2.75, 3.05) is 19.6 Å². The third-order valence-corrected chi connectivity index (χ3v) is 3.11. The molecule has 1 unspecified atom stereocenters. The fraction of sp³-hybridized carbons (Fsp3) is 1.00. The number of ether oxygens (including phenoxy) is 1. The minimum absolute atomic E-state index is 0.242. The first-order valence-electron chi connectivity index (χ1n) is 5.94. The normalized spacial score (nSPS) is 31.6. The highest BCUT2D eigenvalue weighted by Crippen LogP contribution is 2.26. The number of rotatable bonds is 2. The van der Waals surface area contributed by atoms with E-state index in [0.717, 1.165) is 19.6 Å². The first-order valence-corrected chi connectivity index (χ1v) is 5.94. The molecule has 1 heterocycles. The Labute approximate surface area is 94.0 Å². The van der Waals surface area contributed by atoms with Crippen molar-refractivity contribution in [2.24, 2.45) is 11.1 Å². The fourth-order valence-electron chi connectivity index (χ4n) is 2.52. The van der Waals surface area contributed by atoms with Crippen LogP contribution in [0.1, 0.15) is 34.6 Å². The summed E-state index contributed by atoms with van der Waals surface area (Å²) >= 11 is 0. The van der Waals surface area contributed by atoms with E-state index in [4.69, 9.17) is 10.5 Å². The number of hydrogen-bond donors (Lipinski definition) is 1. The Bertz CT molecular complexity index is 190. The molecule has 0 spiro atoms. The second-order valence-electron chi connectivity index (χ2n) is 5.83. The predicted molar refractivity (Wildman–Crippen MR) is 63.9 cm³/mol. The minimum Gasteiger partial charge on any atom is -0.373 e. The standard InChI is InChI=1S/C12H26N2O/c1-9-7-14(8-10(2)15-9)11(6-13)12(3,4)5/h9-11H,6-8,13H2,1-5H3/t9-,10+,11?. The van der Waals surface area contributed by atoms with Gasteiger partial charge in [-0.15, -0.1) is 0 Å². The van der Waals surface area contributed by atoms with Gasteiger partial charge >= 0.3 is 0 Å². The summed E-state index contributed by atoms with van der Waals surface area (Å²) in [5.74, 6) is 0. The smallest absolute Gasteiger partial charge is 0.0678 e. The molecule has 3 heteroatoms. The van der Waals surface area contributed by atoms with Gasteiger partial charge in [0.15, 0.2) is 0 Å². The van der Waals surface area contributed by atoms with Gasteiger partial charge in [0.25, 0.3) is 0 Å². The van der Waals surface area contributed by atoms with Crippen LogP contribution in [-0.4, -0.2) is 42.8 Å². The van der Waals surface area contributed by atoms with Gasteiger partial charge in [0, 0.05) is 25.7 Å². The molecule has 3 nitrogen and oxygen atoms in total. The molecule has 90 valence electrons. The molecule has 1 aliphatic rings. The van der Waals surface area contributed by atoms with Crippen molar-refractivity contribution in [3.8, 4) is 0 Å². The van der Waals surface area contributed by atoms with Crippen LogP contribution in [0.2, 0.25) is 0 Å². The van der Waals surface area contributed by atoms with Crippen LogP contribution in [0.15, 0.2) is 0 Å². The van der Waals surface area contributed by atoms with Gasteiger partial charge in [-0.05, 0) is 19.3 Å². The van der Waals surface area contributed by atoms with Gasteiger partial charge in [-0.1, -0.05) is 20.8 Å². The molecule has 1 aliphatic heterocycles. The Morgan fingerprint density at radius 3 is 2.07 bits per heavy atom. The van der Waals surface area contributed by atoms with Crippen LogP contribution in [0.4, 0.5) is 0 Å². The van der Waals surface area contributed by atoms with Gasteiger partial charge in [-0.25, -0.2) is 0 Å². The monoisotopic (exact) mass is 214 g/mol. The summed E-state index contributed by atoms with van der Waals surface area (Å²) in [5.41, 5.74) is 6.14. The first-order chi connectivity index (χ1) is 6.84. The molecular weight excluding hydrogens is 188 g/mol. The Hall–Kier alpha value is -0.120. The summed E-state index contributed by atoms with van der Waals surface area (Å²) in [6, 6.07) is 0.450. The van der Waals surface area contributed by atoms with Gasteiger partial charge in [0.05, 0.1) is 12.2 Å². The number of hydrogen-bond acceptors (Lipinski definition) is 3. The lowest BCUT2D eigenvalue weighted by Gasteiger charge is -2.45. The molecule has 0 bridgehead atoms. The van der Waals surface area contributed by atoms with Crippen LogP contribution >= 0.6 is 0 Å². The van der Waals surface area contributed by atoms with Crippen molar-refractivity contribution in [2.45, 2.75) is 52.9 Å². The predicted octanol–water partition coefficient (Wildman–Crippen LogP) is 1.47. The van der Waals surface area contributed by atoms with E-state index in [1.54, 1.807) is 0 Å². The molecule has 15 heavy (non-hydrogen) atoms. The topological polar surface area (TPSA) is 38.5 Å². The molecular formula is C12H26N2O. The second kappa shape index (κ2) is 4.81. The molecule has 0 aromatic carbocycles. The average molecular weight is 214 g/mol. The SMILES string of the molecule is C[C@@H]1CN(C(CN)C(C)(C)C)C[C@H](C)O1. The van der Waals surface area contributed by atoms with Crippen molar-refractivity contribution in [3.63, 3.8) is 0 Å². The van der Waals surface area contributed by atoms with Gasteiger partial charge in [0.1, 0.15) is 0 Å². The van der Waals surface area contributed by atoms with E-state index < -0.39 is 0 Å². The first kappa shape index (κ1) is 12.9. The molecule has 0 saturated carbocycles. The van der Waals surface area contributed by atoms with Gasteiger partial charge in [0.2, 0.25) is 0 Å². The van der Waals surface area contributed by atoms with Crippen molar-refractivity contribution < 1.29 is 4.74 Å². The molecule has 0 aromatic rings. The average Bonchev–Trinajstić information content (AvgIpc) is 1.99. The molecule has 1 fully saturated rings. The molecule has 2 N–H and O–H groups in total. The maximum absolute atomic E-state index is 5.90. The highest BCUT2D eigenvalue weighted by Gasteiger charge is 2.33. The Morgan fingerprint density at radius 1 is 1.27 bits per heavy atom. The molecule has 1 saturated heterocycles. The number of morpholine rings is 1. The van der Waals surface area contributed by atoms with Crippen molar-refractivity contribution in [1.29, 1.82) is 0 Å². The fourth-order valence-corrected chi connectivity index (χ4v) is 2.52. The summed E-state index contributed by atoms with van der Waals surface area (Å²) in [7, 11) is 0. The van der Waals surface area contributed by atoms with Crippen LogP contribution in [-0.2, 0) is 4.74 Å². The van der Waals surface area contributed by atoms with E-state index in [-0.39, 0.29) is 5.41 Å². The third-order valence-electron chi connectivity index (χ3n) is 3.11. The van der Waals surface area contributed by atoms with Crippen molar-refractivity contribution in [1.82, 2.24) is 4.90 Å². The molecule has 0 amide bonds. The lowest BCUT2D eigenvalue weighted by atomic mass is 9.85. The van der Waals surface area contributed by atoms with E-state index in [2.05, 4.69) is 39.5 Å². The summed E-state index contributed by atoms with van der Waals surface area (Å²) in [4.78, 5) is 2.48. The Balaban J connectivity index is 2.68. The van der Waals surface area contributed by atoms with E-state index in [1.165, 1.54) is 0 Å². The van der Waals surface area contributed by atoms with Crippen LogP contribution < -0.4 is 5.73 Å². The van der Waals surface area contributed by atoms with Crippen LogP contribution in [0.5, 0.6) is 0 Å². The van der Waals surface area contributed by atoms with Gasteiger partial charge in [-0.3, -0.25) is 4.90 Å². The molecule has 0 aliphatic carbocycles. The maximum atomic E-state index is 5.90. The summed E-state index contributed by atoms with van der Waals surface area (Å²) in [6.07, 6.45) is 0.648. The summed E-state index contributed by atoms with van der Waals surface area (Å²) in [5, 5.41) is 0. The van der Waals surface area contributed by atoms with E-state index in [1.807, 2.05) is 0 Å². The largest absolute Gasteiger partial charge is 0.373 e. The quantitative estimate of drug-likeness (QED) is 0.756. The van der Waals surface area contributed by atoms with Crippen LogP contribution in [0.3, 0.4) is 0 Å². The molecule has 0 radical (unpaired) electrons. The highest BCUT2D eigenvalue weighted by molar-refractivity contribution is 4.87. The maximum Gasteiger partial charge on any atom is 0.0678 e. The molecule has 3 atom stereocenters.